The highest BCUT2D eigenvalue weighted by molar-refractivity contribution is 5.92. The summed E-state index contributed by atoms with van der Waals surface area (Å²) in [6.07, 6.45) is -1.49. The van der Waals surface area contributed by atoms with E-state index in [4.69, 9.17) is 14.8 Å². The number of ether oxygens (including phenoxy) is 1. The van der Waals surface area contributed by atoms with E-state index >= 15 is 0 Å². The molecule has 0 aromatic carbocycles. The number of aryl methyl sites for hydroxylation is 1. The van der Waals surface area contributed by atoms with Gasteiger partial charge in [0.1, 0.15) is 5.69 Å². The van der Waals surface area contributed by atoms with Crippen molar-refractivity contribution in [3.8, 4) is 0 Å². The van der Waals surface area contributed by atoms with Crippen LogP contribution in [0.15, 0.2) is 18.5 Å². The normalized spacial score (nSPS) is 24.9. The van der Waals surface area contributed by atoms with E-state index in [0.717, 1.165) is 0 Å². The van der Waals surface area contributed by atoms with Gasteiger partial charge in [0.15, 0.2) is 0 Å². The summed E-state index contributed by atoms with van der Waals surface area (Å²) in [4.78, 5) is 35.5. The monoisotopic (exact) mass is 638 g/mol. The molecule has 16 heteroatoms. The second-order valence-electron chi connectivity index (χ2n) is 12.2. The second-order valence-corrected chi connectivity index (χ2v) is 12.2. The first-order valence-electron chi connectivity index (χ1n) is 15.3. The highest BCUT2D eigenvalue weighted by Gasteiger charge is 2.45. The smallest absolute Gasteiger partial charge is 0.381 e. The number of aromatic nitrogens is 6. The van der Waals surface area contributed by atoms with Gasteiger partial charge in [-0.1, -0.05) is 0 Å². The Morgan fingerprint density at radius 2 is 2.00 bits per heavy atom. The molecule has 3 aromatic rings. The van der Waals surface area contributed by atoms with Gasteiger partial charge >= 0.3 is 6.18 Å². The van der Waals surface area contributed by atoms with Gasteiger partial charge in [0.05, 0.1) is 41.8 Å². The van der Waals surface area contributed by atoms with Crippen LogP contribution in [0.4, 0.5) is 22.0 Å². The molecule has 5 heterocycles. The van der Waals surface area contributed by atoms with Crippen LogP contribution >= 0.6 is 0 Å². The van der Waals surface area contributed by atoms with E-state index in [9.17, 15) is 31.5 Å². The van der Waals surface area contributed by atoms with Gasteiger partial charge in [-0.3, -0.25) is 14.3 Å². The van der Waals surface area contributed by atoms with Crippen molar-refractivity contribution < 1.29 is 36.3 Å². The molecule has 6 rings (SSSR count). The van der Waals surface area contributed by atoms with E-state index in [1.165, 1.54) is 15.4 Å². The first-order chi connectivity index (χ1) is 21.4. The van der Waals surface area contributed by atoms with Crippen molar-refractivity contribution >= 4 is 17.6 Å². The summed E-state index contributed by atoms with van der Waals surface area (Å²) in [5, 5.41) is 14.2. The maximum Gasteiger partial charge on any atom is 0.393 e. The van der Waals surface area contributed by atoms with Crippen molar-refractivity contribution in [3.63, 3.8) is 0 Å². The Balaban J connectivity index is 1.35. The zero-order valence-corrected chi connectivity index (χ0v) is 24.7. The van der Waals surface area contributed by atoms with E-state index in [1.54, 1.807) is 12.3 Å². The molecule has 1 aliphatic carbocycles. The number of fused-ring (bicyclic) bond motifs is 1. The topological polar surface area (TPSA) is 128 Å². The fourth-order valence-corrected chi connectivity index (χ4v) is 6.64. The number of alkyl halides is 5. The Bertz CT molecular complexity index is 1540. The molecule has 0 bridgehead atoms. The van der Waals surface area contributed by atoms with E-state index < -0.39 is 48.3 Å². The molecule has 2 amide bonds. The van der Waals surface area contributed by atoms with E-state index in [1.807, 2.05) is 6.92 Å². The van der Waals surface area contributed by atoms with Gasteiger partial charge in [-0.15, -0.1) is 0 Å². The van der Waals surface area contributed by atoms with Gasteiger partial charge in [-0.2, -0.15) is 23.4 Å². The number of amides is 2. The largest absolute Gasteiger partial charge is 0.393 e. The third-order valence-corrected chi connectivity index (χ3v) is 9.20. The first-order valence-corrected chi connectivity index (χ1v) is 15.3. The van der Waals surface area contributed by atoms with Crippen LogP contribution in [-0.4, -0.2) is 73.0 Å². The lowest BCUT2D eigenvalue weighted by Gasteiger charge is -2.33. The van der Waals surface area contributed by atoms with Gasteiger partial charge in [-0.05, 0) is 44.6 Å². The molecule has 4 atom stereocenters. The number of rotatable bonds is 8. The molecule has 2 saturated heterocycles. The first kappa shape index (κ1) is 31.3. The molecular formula is C29H35F5N8O3. The highest BCUT2D eigenvalue weighted by Crippen LogP contribution is 2.42. The minimum atomic E-state index is -4.44. The van der Waals surface area contributed by atoms with Crippen LogP contribution in [-0.2, 0) is 22.5 Å². The molecule has 2 N–H and O–H groups in total. The molecule has 45 heavy (non-hydrogen) atoms. The Morgan fingerprint density at radius 1 is 1.22 bits per heavy atom. The maximum atomic E-state index is 14.1. The summed E-state index contributed by atoms with van der Waals surface area (Å²) in [5.74, 6) is -6.64. The van der Waals surface area contributed by atoms with Crippen LogP contribution in [0.25, 0.3) is 5.78 Å². The minimum absolute atomic E-state index is 0.0560. The predicted molar refractivity (Wildman–Crippen MR) is 148 cm³/mol. The number of imidazole rings is 1. The van der Waals surface area contributed by atoms with Crippen molar-refractivity contribution in [3.05, 3.63) is 41.2 Å². The Kier molecular flexibility index (Phi) is 8.52. The summed E-state index contributed by atoms with van der Waals surface area (Å²) in [7, 11) is 0. The number of piperidine rings is 1. The maximum absolute atomic E-state index is 14.1. The molecule has 0 radical (unpaired) electrons. The van der Waals surface area contributed by atoms with Crippen molar-refractivity contribution in [2.24, 2.45) is 17.8 Å². The van der Waals surface area contributed by atoms with Crippen LogP contribution in [0.5, 0.6) is 0 Å². The lowest BCUT2D eigenvalue weighted by atomic mass is 9.81. The second kappa shape index (κ2) is 12.2. The van der Waals surface area contributed by atoms with Gasteiger partial charge in [0.2, 0.25) is 11.8 Å². The van der Waals surface area contributed by atoms with Crippen LogP contribution < -0.4 is 10.6 Å². The van der Waals surface area contributed by atoms with Gasteiger partial charge in [0, 0.05) is 57.0 Å². The third kappa shape index (κ3) is 6.65. The summed E-state index contributed by atoms with van der Waals surface area (Å²) in [5.41, 5.74) is 1.57. The van der Waals surface area contributed by atoms with Crippen molar-refractivity contribution in [2.45, 2.75) is 82.5 Å². The SMILES string of the molecule is CCn1nccc1C(=O)N[C@H](c1cn2nc(C[C@H]3C[C@@H](C(F)(F)F)CNC3=O)c(C3CCOC3)nc2n1)C1CCC(F)(F)CC1. The average molecular weight is 639 g/mol. The van der Waals surface area contributed by atoms with Crippen molar-refractivity contribution in [1.29, 1.82) is 0 Å². The predicted octanol–water partition coefficient (Wildman–Crippen LogP) is 4.00. The summed E-state index contributed by atoms with van der Waals surface area (Å²) in [6.45, 7) is 2.65. The third-order valence-electron chi connectivity index (χ3n) is 9.20. The molecule has 1 saturated carbocycles. The number of halogens is 5. The van der Waals surface area contributed by atoms with Crippen LogP contribution in [0.3, 0.4) is 0 Å². The average Bonchev–Trinajstić information content (AvgIpc) is 3.77. The molecule has 1 unspecified atom stereocenters. The number of carbonyl (C=O) groups excluding carboxylic acids is 2. The van der Waals surface area contributed by atoms with E-state index in [2.05, 4.69) is 20.7 Å². The molecular weight excluding hydrogens is 603 g/mol. The molecule has 3 aliphatic rings. The number of hydrogen-bond acceptors (Lipinski definition) is 7. The Labute approximate surface area is 255 Å². The summed E-state index contributed by atoms with van der Waals surface area (Å²) >= 11 is 0. The van der Waals surface area contributed by atoms with E-state index in [0.29, 0.717) is 49.0 Å². The van der Waals surface area contributed by atoms with Crippen molar-refractivity contribution in [2.75, 3.05) is 19.8 Å². The molecule has 3 fully saturated rings. The number of nitrogens with one attached hydrogen (secondary N) is 2. The van der Waals surface area contributed by atoms with Crippen LogP contribution in [0.2, 0.25) is 0 Å². The molecule has 0 spiro atoms. The number of hydrogen-bond donors (Lipinski definition) is 2. The van der Waals surface area contributed by atoms with E-state index in [-0.39, 0.29) is 56.1 Å². The highest BCUT2D eigenvalue weighted by atomic mass is 19.4. The van der Waals surface area contributed by atoms with Crippen molar-refractivity contribution in [1.82, 2.24) is 40.0 Å². The molecule has 2 aliphatic heterocycles. The fourth-order valence-electron chi connectivity index (χ4n) is 6.64. The van der Waals surface area contributed by atoms with Crippen LogP contribution in [0.1, 0.15) is 85.0 Å². The van der Waals surface area contributed by atoms with Crippen LogP contribution in [0, 0.1) is 17.8 Å². The standard InChI is InChI=1S/C29H35F5N8O3/c1-2-41-22(5-9-36-41)26(44)38-23(16-3-7-28(30,31)8-4-16)21-14-42-27(37-21)39-24(17-6-10-45-15-17)20(40-42)12-18-11-19(29(32,33)34)13-35-25(18)43/h5,9,14,16-19,23H,2-4,6-8,10-13,15H2,1H3,(H,35,43)(H,38,44)/t17?,18-,19-,23+/m1/s1. The quantitative estimate of drug-likeness (QED) is 0.357. The molecule has 11 nitrogen and oxygen atoms in total. The lowest BCUT2D eigenvalue weighted by molar-refractivity contribution is -0.183. The lowest BCUT2D eigenvalue weighted by Crippen LogP contribution is -2.47. The Morgan fingerprint density at radius 3 is 2.69 bits per heavy atom. The number of carbonyl (C=O) groups is 2. The molecule has 244 valence electrons. The minimum Gasteiger partial charge on any atom is -0.381 e. The molecule has 3 aromatic heterocycles. The van der Waals surface area contributed by atoms with Gasteiger partial charge in [0.25, 0.3) is 11.7 Å². The zero-order chi connectivity index (χ0) is 31.9. The Hall–Kier alpha value is -3.69. The zero-order valence-electron chi connectivity index (χ0n) is 24.7. The summed E-state index contributed by atoms with van der Waals surface area (Å²) < 4.78 is 77.2. The number of nitrogens with zero attached hydrogens (tertiary/aromatic N) is 6. The van der Waals surface area contributed by atoms with Gasteiger partial charge in [-0.25, -0.2) is 23.3 Å². The van der Waals surface area contributed by atoms with Gasteiger partial charge < -0.3 is 15.4 Å². The summed E-state index contributed by atoms with van der Waals surface area (Å²) in [6, 6.07) is 0.834. The fraction of sp³-hybridized carbons (Fsp3) is 0.655.